The fourth-order valence-corrected chi connectivity index (χ4v) is 3.11. The Morgan fingerprint density at radius 2 is 1.89 bits per heavy atom. The van der Waals surface area contributed by atoms with Gasteiger partial charge in [0.2, 0.25) is 0 Å². The molecule has 0 fully saturated rings. The fraction of sp³-hybridized carbons (Fsp3) is 0.143. The molecular formula is C14H11Br2ClFN. The minimum atomic E-state index is -0.277. The van der Waals surface area contributed by atoms with Gasteiger partial charge < -0.3 is 5.32 Å². The van der Waals surface area contributed by atoms with Crippen LogP contribution in [0.3, 0.4) is 0 Å². The van der Waals surface area contributed by atoms with E-state index in [0.717, 1.165) is 15.6 Å². The maximum absolute atomic E-state index is 13.3. The van der Waals surface area contributed by atoms with Gasteiger partial charge >= 0.3 is 0 Å². The highest BCUT2D eigenvalue weighted by molar-refractivity contribution is 9.10. The highest BCUT2D eigenvalue weighted by Gasteiger charge is 2.16. The van der Waals surface area contributed by atoms with E-state index in [1.165, 1.54) is 6.07 Å². The van der Waals surface area contributed by atoms with Crippen molar-refractivity contribution in [2.45, 2.75) is 6.04 Å². The molecule has 0 saturated heterocycles. The first-order valence-corrected chi connectivity index (χ1v) is 7.56. The maximum Gasteiger partial charge on any atom is 0.137 e. The Morgan fingerprint density at radius 1 is 1.16 bits per heavy atom. The maximum atomic E-state index is 13.3. The van der Waals surface area contributed by atoms with E-state index in [-0.39, 0.29) is 11.9 Å². The summed E-state index contributed by atoms with van der Waals surface area (Å²) in [7, 11) is 1.85. The molecule has 2 rings (SSSR count). The van der Waals surface area contributed by atoms with E-state index in [9.17, 15) is 4.39 Å². The summed E-state index contributed by atoms with van der Waals surface area (Å²) < 4.78 is 14.7. The molecule has 1 atom stereocenters. The molecule has 19 heavy (non-hydrogen) atoms. The molecule has 0 heterocycles. The van der Waals surface area contributed by atoms with Gasteiger partial charge in [-0.1, -0.05) is 39.7 Å². The van der Waals surface area contributed by atoms with Crippen molar-refractivity contribution >= 4 is 43.5 Å². The summed E-state index contributed by atoms with van der Waals surface area (Å²) in [6.07, 6.45) is 0. The number of halogens is 4. The lowest BCUT2D eigenvalue weighted by molar-refractivity contribution is 0.616. The van der Waals surface area contributed by atoms with Gasteiger partial charge in [-0.05, 0) is 58.4 Å². The summed E-state index contributed by atoms with van der Waals surface area (Å²) in [5.41, 5.74) is 1.89. The number of benzene rings is 2. The smallest absolute Gasteiger partial charge is 0.137 e. The summed E-state index contributed by atoms with van der Waals surface area (Å²) in [6, 6.07) is 10.6. The van der Waals surface area contributed by atoms with Crippen LogP contribution < -0.4 is 5.32 Å². The molecule has 5 heteroatoms. The molecule has 1 N–H and O–H groups in total. The van der Waals surface area contributed by atoms with Crippen molar-refractivity contribution in [2.75, 3.05) is 7.05 Å². The summed E-state index contributed by atoms with van der Waals surface area (Å²) in [5, 5.41) is 3.86. The van der Waals surface area contributed by atoms with Gasteiger partial charge in [-0.2, -0.15) is 0 Å². The van der Waals surface area contributed by atoms with E-state index < -0.39 is 0 Å². The summed E-state index contributed by atoms with van der Waals surface area (Å²) in [5.74, 6) is -0.277. The van der Waals surface area contributed by atoms with Crippen molar-refractivity contribution in [2.24, 2.45) is 0 Å². The molecule has 1 nitrogen and oxygen atoms in total. The minimum absolute atomic E-state index is 0.0856. The SMILES string of the molecule is CNC(c1ccc(F)c(Br)c1)c1ccc(Br)cc1Cl. The quantitative estimate of drug-likeness (QED) is 0.727. The third-order valence-electron chi connectivity index (χ3n) is 2.84. The van der Waals surface area contributed by atoms with Crippen LogP contribution in [-0.4, -0.2) is 7.05 Å². The molecule has 0 saturated carbocycles. The molecule has 100 valence electrons. The Balaban J connectivity index is 2.46. The standard InChI is InChI=1S/C14H11Br2ClFN/c1-19-14(8-2-5-13(18)11(16)6-8)10-4-3-9(15)7-12(10)17/h2-7,14,19H,1H3. The highest BCUT2D eigenvalue weighted by Crippen LogP contribution is 2.31. The molecule has 0 aliphatic carbocycles. The van der Waals surface area contributed by atoms with Crippen LogP contribution in [0.2, 0.25) is 5.02 Å². The molecule has 0 aliphatic rings. The van der Waals surface area contributed by atoms with Crippen LogP contribution in [0.15, 0.2) is 45.3 Å². The van der Waals surface area contributed by atoms with Crippen LogP contribution in [0.25, 0.3) is 0 Å². The zero-order valence-electron chi connectivity index (χ0n) is 10.1. The number of nitrogens with one attached hydrogen (secondary N) is 1. The topological polar surface area (TPSA) is 12.0 Å². The predicted octanol–water partition coefficient (Wildman–Crippen LogP) is 5.31. The molecule has 0 aromatic heterocycles. The van der Waals surface area contributed by atoms with Crippen LogP contribution in [-0.2, 0) is 0 Å². The lowest BCUT2D eigenvalue weighted by atomic mass is 9.99. The highest BCUT2D eigenvalue weighted by atomic mass is 79.9. The zero-order valence-corrected chi connectivity index (χ0v) is 14.0. The Bertz CT molecular complexity index is 604. The summed E-state index contributed by atoms with van der Waals surface area (Å²) in [4.78, 5) is 0. The second-order valence-electron chi connectivity index (χ2n) is 4.06. The fourth-order valence-electron chi connectivity index (χ4n) is 1.93. The van der Waals surface area contributed by atoms with Gasteiger partial charge in [-0.25, -0.2) is 4.39 Å². The lowest BCUT2D eigenvalue weighted by Gasteiger charge is -2.19. The summed E-state index contributed by atoms with van der Waals surface area (Å²) in [6.45, 7) is 0. The van der Waals surface area contributed by atoms with Crippen LogP contribution in [0, 0.1) is 5.82 Å². The first-order valence-electron chi connectivity index (χ1n) is 5.60. The van der Waals surface area contributed by atoms with E-state index in [1.54, 1.807) is 12.1 Å². The molecule has 0 spiro atoms. The van der Waals surface area contributed by atoms with Gasteiger partial charge in [-0.15, -0.1) is 0 Å². The Labute approximate surface area is 133 Å². The van der Waals surface area contributed by atoms with Crippen molar-refractivity contribution in [3.8, 4) is 0 Å². The molecular weight excluding hydrogens is 396 g/mol. The number of rotatable bonds is 3. The molecule has 0 radical (unpaired) electrons. The average Bonchev–Trinajstić information content (AvgIpc) is 2.37. The predicted molar refractivity (Wildman–Crippen MR) is 84.2 cm³/mol. The Morgan fingerprint density at radius 3 is 2.47 bits per heavy atom. The van der Waals surface area contributed by atoms with E-state index >= 15 is 0 Å². The third-order valence-corrected chi connectivity index (χ3v) is 4.27. The van der Waals surface area contributed by atoms with Crippen LogP contribution in [0.5, 0.6) is 0 Å². The van der Waals surface area contributed by atoms with E-state index in [2.05, 4.69) is 37.2 Å². The van der Waals surface area contributed by atoms with Crippen LogP contribution in [0.4, 0.5) is 4.39 Å². The molecule has 0 bridgehead atoms. The normalized spacial score (nSPS) is 12.5. The number of hydrogen-bond acceptors (Lipinski definition) is 1. The van der Waals surface area contributed by atoms with Crippen LogP contribution >= 0.6 is 43.5 Å². The Hall–Kier alpha value is -0.420. The average molecular weight is 408 g/mol. The Kier molecular flexibility index (Phi) is 5.01. The first-order chi connectivity index (χ1) is 9.02. The van der Waals surface area contributed by atoms with Gasteiger partial charge in [0.25, 0.3) is 0 Å². The molecule has 2 aromatic carbocycles. The molecule has 2 aromatic rings. The minimum Gasteiger partial charge on any atom is -0.309 e. The third kappa shape index (κ3) is 3.37. The zero-order chi connectivity index (χ0) is 14.0. The second-order valence-corrected chi connectivity index (χ2v) is 6.24. The van der Waals surface area contributed by atoms with Crippen molar-refractivity contribution < 1.29 is 4.39 Å². The van der Waals surface area contributed by atoms with Crippen molar-refractivity contribution in [3.05, 3.63) is 67.3 Å². The second kappa shape index (κ2) is 6.35. The largest absolute Gasteiger partial charge is 0.309 e. The lowest BCUT2D eigenvalue weighted by Crippen LogP contribution is -2.18. The molecule has 0 amide bonds. The summed E-state index contributed by atoms with van der Waals surface area (Å²) >= 11 is 12.9. The van der Waals surface area contributed by atoms with E-state index in [1.807, 2.05) is 25.2 Å². The molecule has 0 aliphatic heterocycles. The monoisotopic (exact) mass is 405 g/mol. The van der Waals surface area contributed by atoms with Gasteiger partial charge in [0.15, 0.2) is 0 Å². The van der Waals surface area contributed by atoms with Crippen molar-refractivity contribution in [1.29, 1.82) is 0 Å². The van der Waals surface area contributed by atoms with E-state index in [4.69, 9.17) is 11.6 Å². The van der Waals surface area contributed by atoms with Gasteiger partial charge in [0.1, 0.15) is 5.82 Å². The van der Waals surface area contributed by atoms with Crippen molar-refractivity contribution in [3.63, 3.8) is 0 Å². The van der Waals surface area contributed by atoms with E-state index in [0.29, 0.717) is 9.50 Å². The van der Waals surface area contributed by atoms with Crippen LogP contribution in [0.1, 0.15) is 17.2 Å². The number of hydrogen-bond donors (Lipinski definition) is 1. The molecule has 1 unspecified atom stereocenters. The first kappa shape index (κ1) is 15.0. The van der Waals surface area contributed by atoms with Gasteiger partial charge in [0, 0.05) is 9.50 Å². The van der Waals surface area contributed by atoms with Gasteiger partial charge in [0.05, 0.1) is 10.5 Å². The van der Waals surface area contributed by atoms with Crippen molar-refractivity contribution in [1.82, 2.24) is 5.32 Å². The van der Waals surface area contributed by atoms with Gasteiger partial charge in [-0.3, -0.25) is 0 Å².